The third kappa shape index (κ3) is 3.91. The van der Waals surface area contributed by atoms with Gasteiger partial charge in [-0.1, -0.05) is 35.6 Å². The average Bonchev–Trinajstić information content (AvgIpc) is 2.91. The molecule has 0 bridgehead atoms. The Morgan fingerprint density at radius 2 is 1.88 bits per heavy atom. The van der Waals surface area contributed by atoms with E-state index in [-0.39, 0.29) is 17.1 Å². The molecule has 0 spiro atoms. The number of benzene rings is 2. The van der Waals surface area contributed by atoms with Gasteiger partial charge in [0.15, 0.2) is 14.6 Å². The lowest BCUT2D eigenvalue weighted by Crippen LogP contribution is -2.16. The van der Waals surface area contributed by atoms with Crippen molar-refractivity contribution < 1.29 is 13.2 Å². The zero-order valence-electron chi connectivity index (χ0n) is 13.3. The number of nitrogens with zero attached hydrogens (tertiary/aromatic N) is 2. The molecule has 5 nitrogen and oxygen atoms in total. The first-order valence-corrected chi connectivity index (χ1v) is 10.7. The van der Waals surface area contributed by atoms with Crippen molar-refractivity contribution in [1.29, 1.82) is 0 Å². The molecule has 0 unspecified atom stereocenters. The Bertz CT molecular complexity index is 1100. The summed E-state index contributed by atoms with van der Waals surface area (Å²) in [4.78, 5) is 17.0. The maximum atomic E-state index is 12.2. The Morgan fingerprint density at radius 1 is 1.16 bits per heavy atom. The first-order valence-electron chi connectivity index (χ1n) is 7.48. The van der Waals surface area contributed by atoms with Gasteiger partial charge in [0, 0.05) is 17.9 Å². The summed E-state index contributed by atoms with van der Waals surface area (Å²) >= 11 is 4.88. The Morgan fingerprint density at radius 3 is 2.56 bits per heavy atom. The summed E-state index contributed by atoms with van der Waals surface area (Å²) in [6.45, 7) is 0. The molecule has 8 heteroatoms. The Balaban J connectivity index is 1.82. The van der Waals surface area contributed by atoms with Crippen LogP contribution in [0.2, 0.25) is 0 Å². The van der Waals surface area contributed by atoms with E-state index in [4.69, 9.17) is 0 Å². The van der Waals surface area contributed by atoms with E-state index in [1.54, 1.807) is 18.2 Å². The minimum Gasteiger partial charge on any atom is -0.318 e. The minimum atomic E-state index is -3.48. The summed E-state index contributed by atoms with van der Waals surface area (Å²) in [7, 11) is -1.65. The number of aryl methyl sites for hydroxylation is 1. The third-order valence-corrected chi connectivity index (χ3v) is 7.15. The summed E-state index contributed by atoms with van der Waals surface area (Å²) in [6, 6.07) is 13.9. The number of aromatic nitrogens is 1. The van der Waals surface area contributed by atoms with Crippen molar-refractivity contribution in [3.63, 3.8) is 0 Å². The highest BCUT2D eigenvalue weighted by Gasteiger charge is 2.16. The number of hydrogen-bond acceptors (Lipinski definition) is 4. The smallest absolute Gasteiger partial charge is 0.249 e. The quantitative estimate of drug-likeness (QED) is 0.627. The minimum absolute atomic E-state index is 0.146. The van der Waals surface area contributed by atoms with Gasteiger partial charge in [0.1, 0.15) is 0 Å². The van der Waals surface area contributed by atoms with Crippen molar-refractivity contribution in [3.05, 3.63) is 57.8 Å². The predicted molar refractivity (Wildman–Crippen MR) is 102 cm³/mol. The van der Waals surface area contributed by atoms with Crippen LogP contribution in [0.25, 0.3) is 10.2 Å². The van der Waals surface area contributed by atoms with E-state index in [0.29, 0.717) is 4.80 Å². The second kappa shape index (κ2) is 7.23. The topological polar surface area (TPSA) is 68.5 Å². The summed E-state index contributed by atoms with van der Waals surface area (Å²) in [6.07, 6.45) is -0.146. The molecule has 0 aliphatic rings. The fourth-order valence-electron chi connectivity index (χ4n) is 2.39. The van der Waals surface area contributed by atoms with Crippen molar-refractivity contribution >= 4 is 53.2 Å². The number of amides is 1. The number of sulfone groups is 1. The lowest BCUT2D eigenvalue weighted by Gasteiger charge is -2.02. The zero-order chi connectivity index (χ0) is 18.0. The molecule has 1 aromatic heterocycles. The lowest BCUT2D eigenvalue weighted by molar-refractivity contribution is -0.117. The van der Waals surface area contributed by atoms with Crippen LogP contribution in [0.1, 0.15) is 6.42 Å². The molecule has 0 atom stereocenters. The van der Waals surface area contributed by atoms with Gasteiger partial charge in [-0.2, -0.15) is 4.99 Å². The maximum absolute atomic E-state index is 12.2. The summed E-state index contributed by atoms with van der Waals surface area (Å²) in [5.74, 6) is -0.699. The number of para-hydroxylation sites is 1. The number of carbonyl (C=O) groups is 1. The molecule has 130 valence electrons. The number of fused-ring (bicyclic) bond motifs is 1. The van der Waals surface area contributed by atoms with Crippen LogP contribution in [-0.4, -0.2) is 24.6 Å². The van der Waals surface area contributed by atoms with Crippen molar-refractivity contribution in [1.82, 2.24) is 4.57 Å². The second-order valence-corrected chi connectivity index (χ2v) is 9.39. The standard InChI is InChI=1S/C17H15BrN2O3S2/c1-20-16-13(18)8-5-9-14(16)24-17(20)19-15(21)10-11-25(22,23)12-6-3-2-4-7-12/h2-9H,10-11H2,1H3. The molecule has 1 amide bonds. The molecular formula is C17H15BrN2O3S2. The van der Waals surface area contributed by atoms with Crippen molar-refractivity contribution in [2.75, 3.05) is 5.75 Å². The summed E-state index contributed by atoms with van der Waals surface area (Å²) in [5.41, 5.74) is 0.955. The Hall–Kier alpha value is -1.77. The van der Waals surface area contributed by atoms with Crippen LogP contribution >= 0.6 is 27.3 Å². The Labute approximate surface area is 157 Å². The largest absolute Gasteiger partial charge is 0.318 e. The van der Waals surface area contributed by atoms with Crippen LogP contribution in [0.3, 0.4) is 0 Å². The fraction of sp³-hybridized carbons (Fsp3) is 0.176. The number of hydrogen-bond donors (Lipinski definition) is 0. The normalized spacial score (nSPS) is 12.6. The van der Waals surface area contributed by atoms with Gasteiger partial charge in [-0.3, -0.25) is 4.79 Å². The molecule has 1 heterocycles. The van der Waals surface area contributed by atoms with Crippen LogP contribution in [0.15, 0.2) is 62.9 Å². The highest BCUT2D eigenvalue weighted by atomic mass is 79.9. The molecule has 0 saturated carbocycles. The molecule has 0 aliphatic carbocycles. The molecule has 2 aromatic carbocycles. The summed E-state index contributed by atoms with van der Waals surface area (Å²) in [5, 5.41) is 0. The molecule has 0 aliphatic heterocycles. The molecule has 0 N–H and O–H groups in total. The van der Waals surface area contributed by atoms with Gasteiger partial charge >= 0.3 is 0 Å². The van der Waals surface area contributed by atoms with Gasteiger partial charge in [0.25, 0.3) is 0 Å². The van der Waals surface area contributed by atoms with Crippen LogP contribution in [0, 0.1) is 0 Å². The molecule has 0 saturated heterocycles. The van der Waals surface area contributed by atoms with E-state index in [1.807, 2.05) is 29.8 Å². The van der Waals surface area contributed by atoms with Gasteiger partial charge in [-0.05, 0) is 40.2 Å². The van der Waals surface area contributed by atoms with E-state index in [2.05, 4.69) is 20.9 Å². The van der Waals surface area contributed by atoms with Gasteiger partial charge in [0.2, 0.25) is 5.91 Å². The van der Waals surface area contributed by atoms with Crippen molar-refractivity contribution in [2.45, 2.75) is 11.3 Å². The van der Waals surface area contributed by atoms with Crippen molar-refractivity contribution in [3.8, 4) is 0 Å². The third-order valence-electron chi connectivity index (χ3n) is 3.68. The van der Waals surface area contributed by atoms with Crippen LogP contribution in [0.5, 0.6) is 0 Å². The van der Waals surface area contributed by atoms with Crippen molar-refractivity contribution in [2.24, 2.45) is 12.0 Å². The summed E-state index contributed by atoms with van der Waals surface area (Å²) < 4.78 is 28.2. The highest BCUT2D eigenvalue weighted by molar-refractivity contribution is 9.10. The van der Waals surface area contributed by atoms with Gasteiger partial charge in [-0.15, -0.1) is 0 Å². The Kier molecular flexibility index (Phi) is 5.21. The SMILES string of the molecule is Cn1c(=NC(=O)CCS(=O)(=O)c2ccccc2)sc2cccc(Br)c21. The lowest BCUT2D eigenvalue weighted by atomic mass is 10.3. The molecule has 25 heavy (non-hydrogen) atoms. The van der Waals surface area contributed by atoms with Crippen LogP contribution < -0.4 is 4.80 Å². The molecular weight excluding hydrogens is 424 g/mol. The van der Waals surface area contributed by atoms with E-state index in [1.165, 1.54) is 23.5 Å². The predicted octanol–water partition coefficient (Wildman–Crippen LogP) is 3.29. The monoisotopic (exact) mass is 438 g/mol. The van der Waals surface area contributed by atoms with E-state index in [0.717, 1.165) is 14.7 Å². The second-order valence-electron chi connectivity index (χ2n) is 5.42. The molecule has 0 fully saturated rings. The first-order chi connectivity index (χ1) is 11.9. The first kappa shape index (κ1) is 18.0. The number of halogens is 1. The number of carbonyl (C=O) groups excluding carboxylic acids is 1. The van der Waals surface area contributed by atoms with E-state index in [9.17, 15) is 13.2 Å². The zero-order valence-corrected chi connectivity index (χ0v) is 16.6. The van der Waals surface area contributed by atoms with E-state index >= 15 is 0 Å². The maximum Gasteiger partial charge on any atom is 0.249 e. The van der Waals surface area contributed by atoms with Crippen LogP contribution in [0.4, 0.5) is 0 Å². The van der Waals surface area contributed by atoms with Gasteiger partial charge in [0.05, 0.1) is 20.9 Å². The molecule has 3 rings (SSSR count). The highest BCUT2D eigenvalue weighted by Crippen LogP contribution is 2.24. The number of rotatable bonds is 4. The van der Waals surface area contributed by atoms with E-state index < -0.39 is 15.7 Å². The molecule has 0 radical (unpaired) electrons. The van der Waals surface area contributed by atoms with Gasteiger partial charge in [-0.25, -0.2) is 8.42 Å². The fourth-order valence-corrected chi connectivity index (χ4v) is 5.47. The van der Waals surface area contributed by atoms with Crippen LogP contribution in [-0.2, 0) is 21.7 Å². The molecule has 3 aromatic rings. The number of thiazole rings is 1. The average molecular weight is 439 g/mol. The van der Waals surface area contributed by atoms with Gasteiger partial charge < -0.3 is 4.57 Å².